The van der Waals surface area contributed by atoms with Crippen molar-refractivity contribution >= 4 is 11.7 Å². The Morgan fingerprint density at radius 3 is 2.68 bits per heavy atom. The Morgan fingerprint density at radius 1 is 1.32 bits per heavy atom. The molecule has 2 N–H and O–H groups in total. The van der Waals surface area contributed by atoms with Gasteiger partial charge in [0.25, 0.3) is 0 Å². The summed E-state index contributed by atoms with van der Waals surface area (Å²) in [7, 11) is 0. The number of halogens is 1. The van der Waals surface area contributed by atoms with Gasteiger partial charge in [-0.3, -0.25) is 4.90 Å². The normalized spacial score (nSPS) is 22.3. The molecule has 0 radical (unpaired) electrons. The van der Waals surface area contributed by atoms with E-state index < -0.39 is 5.82 Å². The lowest BCUT2D eigenvalue weighted by Crippen LogP contribution is -2.46. The second-order valence-corrected chi connectivity index (χ2v) is 5.73. The maximum atomic E-state index is 13.4. The molecule has 1 aliphatic rings. The minimum Gasteiger partial charge on any atom is -0.373 e. The number of nitrogens with one attached hydrogen (secondary N) is 2. The van der Waals surface area contributed by atoms with Crippen LogP contribution in [0.4, 0.5) is 14.9 Å². The van der Waals surface area contributed by atoms with Crippen molar-refractivity contribution in [3.8, 4) is 0 Å². The van der Waals surface area contributed by atoms with Crippen LogP contribution in [0.1, 0.15) is 20.3 Å². The quantitative estimate of drug-likeness (QED) is 0.822. The van der Waals surface area contributed by atoms with Crippen molar-refractivity contribution in [3.05, 3.63) is 30.1 Å². The molecule has 1 aliphatic heterocycles. The standard InChI is InChI=1S/C16H24FN3O2/c1-12-10-20(11-13(2)22-12)9-5-8-18-16(21)19-15-7-4-3-6-14(15)17/h3-4,6-7,12-13H,5,8-11H2,1-2H3,(H2,18,19,21)/t12-,13-/m0/s1. The van der Waals surface area contributed by atoms with Crippen LogP contribution >= 0.6 is 0 Å². The minimum atomic E-state index is -0.436. The second kappa shape index (κ2) is 8.10. The average Bonchev–Trinajstić information content (AvgIpc) is 2.45. The first-order valence-corrected chi connectivity index (χ1v) is 7.72. The zero-order valence-corrected chi connectivity index (χ0v) is 13.1. The van der Waals surface area contributed by atoms with Gasteiger partial charge in [0.1, 0.15) is 5.82 Å². The summed E-state index contributed by atoms with van der Waals surface area (Å²) >= 11 is 0. The van der Waals surface area contributed by atoms with Crippen molar-refractivity contribution in [3.63, 3.8) is 0 Å². The van der Waals surface area contributed by atoms with Crippen molar-refractivity contribution in [2.24, 2.45) is 0 Å². The number of hydrogen-bond donors (Lipinski definition) is 2. The van der Waals surface area contributed by atoms with Gasteiger partial charge in [-0.1, -0.05) is 12.1 Å². The Kier molecular flexibility index (Phi) is 6.15. The first-order valence-electron chi connectivity index (χ1n) is 7.72. The van der Waals surface area contributed by atoms with Gasteiger partial charge >= 0.3 is 6.03 Å². The zero-order valence-electron chi connectivity index (χ0n) is 13.1. The van der Waals surface area contributed by atoms with E-state index in [0.29, 0.717) is 6.54 Å². The van der Waals surface area contributed by atoms with Crippen LogP contribution in [-0.2, 0) is 4.74 Å². The molecule has 1 heterocycles. The highest BCUT2D eigenvalue weighted by Crippen LogP contribution is 2.12. The number of benzene rings is 1. The highest BCUT2D eigenvalue weighted by atomic mass is 19.1. The molecule has 2 rings (SSSR count). The highest BCUT2D eigenvalue weighted by Gasteiger charge is 2.21. The topological polar surface area (TPSA) is 53.6 Å². The Morgan fingerprint density at radius 2 is 2.00 bits per heavy atom. The summed E-state index contributed by atoms with van der Waals surface area (Å²) in [5.74, 6) is -0.436. The van der Waals surface area contributed by atoms with E-state index in [2.05, 4.69) is 29.4 Å². The predicted molar refractivity (Wildman–Crippen MR) is 84.5 cm³/mol. The number of ether oxygens (including phenoxy) is 1. The maximum Gasteiger partial charge on any atom is 0.319 e. The summed E-state index contributed by atoms with van der Waals surface area (Å²) < 4.78 is 19.1. The van der Waals surface area contributed by atoms with E-state index in [9.17, 15) is 9.18 Å². The zero-order chi connectivity index (χ0) is 15.9. The lowest BCUT2D eigenvalue weighted by molar-refractivity contribution is -0.0679. The van der Waals surface area contributed by atoms with E-state index in [-0.39, 0.29) is 23.9 Å². The third kappa shape index (κ3) is 5.27. The van der Waals surface area contributed by atoms with Gasteiger partial charge in [0.15, 0.2) is 0 Å². The molecular formula is C16H24FN3O2. The summed E-state index contributed by atoms with van der Waals surface area (Å²) in [5.41, 5.74) is 0.191. The highest BCUT2D eigenvalue weighted by molar-refractivity contribution is 5.89. The molecule has 1 fully saturated rings. The first-order chi connectivity index (χ1) is 10.5. The smallest absolute Gasteiger partial charge is 0.319 e. The number of urea groups is 1. The van der Waals surface area contributed by atoms with Gasteiger partial charge < -0.3 is 15.4 Å². The SMILES string of the molecule is C[C@H]1CN(CCCNC(=O)Nc2ccccc2F)C[C@H](C)O1. The van der Waals surface area contributed by atoms with Gasteiger partial charge in [-0.15, -0.1) is 0 Å². The molecule has 122 valence electrons. The molecule has 0 spiro atoms. The van der Waals surface area contributed by atoms with Crippen LogP contribution in [0.25, 0.3) is 0 Å². The van der Waals surface area contributed by atoms with Crippen LogP contribution in [0, 0.1) is 5.82 Å². The fourth-order valence-electron chi connectivity index (χ4n) is 2.70. The van der Waals surface area contributed by atoms with E-state index >= 15 is 0 Å². The minimum absolute atomic E-state index is 0.191. The number of carbonyl (C=O) groups excluding carboxylic acids is 1. The van der Waals surface area contributed by atoms with Gasteiger partial charge in [-0.05, 0) is 32.4 Å². The molecule has 1 aromatic rings. The Balaban J connectivity index is 1.64. The number of amides is 2. The molecule has 2 amide bonds. The lowest BCUT2D eigenvalue weighted by Gasteiger charge is -2.35. The number of anilines is 1. The fourth-order valence-corrected chi connectivity index (χ4v) is 2.70. The number of carbonyl (C=O) groups is 1. The van der Waals surface area contributed by atoms with E-state index in [1.54, 1.807) is 12.1 Å². The summed E-state index contributed by atoms with van der Waals surface area (Å²) in [6, 6.07) is 5.73. The average molecular weight is 309 g/mol. The molecule has 0 aromatic heterocycles. The van der Waals surface area contributed by atoms with Crippen molar-refractivity contribution in [2.75, 3.05) is 31.5 Å². The number of rotatable bonds is 5. The third-order valence-corrected chi connectivity index (χ3v) is 3.55. The third-order valence-electron chi connectivity index (χ3n) is 3.55. The predicted octanol–water partition coefficient (Wildman–Crippen LogP) is 2.45. The number of para-hydroxylation sites is 1. The molecule has 0 saturated carbocycles. The molecule has 1 saturated heterocycles. The molecular weight excluding hydrogens is 285 g/mol. The largest absolute Gasteiger partial charge is 0.373 e. The van der Waals surface area contributed by atoms with E-state index in [4.69, 9.17) is 4.74 Å². The van der Waals surface area contributed by atoms with E-state index in [0.717, 1.165) is 26.1 Å². The fraction of sp³-hybridized carbons (Fsp3) is 0.562. The number of nitrogens with zero attached hydrogens (tertiary/aromatic N) is 1. The molecule has 0 unspecified atom stereocenters. The van der Waals surface area contributed by atoms with Gasteiger partial charge in [0.05, 0.1) is 17.9 Å². The molecule has 6 heteroatoms. The van der Waals surface area contributed by atoms with Crippen LogP contribution in [0.5, 0.6) is 0 Å². The molecule has 5 nitrogen and oxygen atoms in total. The van der Waals surface area contributed by atoms with Gasteiger partial charge in [-0.25, -0.2) is 9.18 Å². The van der Waals surface area contributed by atoms with Gasteiger partial charge in [0, 0.05) is 26.2 Å². The van der Waals surface area contributed by atoms with Crippen LogP contribution in [0.3, 0.4) is 0 Å². The van der Waals surface area contributed by atoms with Crippen LogP contribution < -0.4 is 10.6 Å². The number of morpholine rings is 1. The van der Waals surface area contributed by atoms with Crippen molar-refractivity contribution in [2.45, 2.75) is 32.5 Å². The monoisotopic (exact) mass is 309 g/mol. The lowest BCUT2D eigenvalue weighted by atomic mass is 10.2. The van der Waals surface area contributed by atoms with Crippen LogP contribution in [-0.4, -0.2) is 49.3 Å². The van der Waals surface area contributed by atoms with Crippen molar-refractivity contribution in [1.82, 2.24) is 10.2 Å². The van der Waals surface area contributed by atoms with Crippen LogP contribution in [0.2, 0.25) is 0 Å². The van der Waals surface area contributed by atoms with E-state index in [1.807, 2.05) is 0 Å². The van der Waals surface area contributed by atoms with Crippen molar-refractivity contribution in [1.29, 1.82) is 0 Å². The summed E-state index contributed by atoms with van der Waals surface area (Å²) in [6.45, 7) is 7.46. The second-order valence-electron chi connectivity index (χ2n) is 5.73. The van der Waals surface area contributed by atoms with Crippen LogP contribution in [0.15, 0.2) is 24.3 Å². The molecule has 2 atom stereocenters. The summed E-state index contributed by atoms with van der Waals surface area (Å²) in [6.07, 6.45) is 1.35. The maximum absolute atomic E-state index is 13.4. The summed E-state index contributed by atoms with van der Waals surface area (Å²) in [4.78, 5) is 14.0. The summed E-state index contributed by atoms with van der Waals surface area (Å²) in [5, 5.41) is 5.25. The number of hydrogen-bond acceptors (Lipinski definition) is 3. The molecule has 0 bridgehead atoms. The van der Waals surface area contributed by atoms with Gasteiger partial charge in [0.2, 0.25) is 0 Å². The van der Waals surface area contributed by atoms with Crippen molar-refractivity contribution < 1.29 is 13.9 Å². The van der Waals surface area contributed by atoms with Gasteiger partial charge in [-0.2, -0.15) is 0 Å². The Labute approximate surface area is 130 Å². The molecule has 0 aliphatic carbocycles. The van der Waals surface area contributed by atoms with E-state index in [1.165, 1.54) is 12.1 Å². The first kappa shape index (κ1) is 16.7. The molecule has 1 aromatic carbocycles. The Bertz CT molecular complexity index is 488. The molecule has 22 heavy (non-hydrogen) atoms. The Hall–Kier alpha value is -1.66.